The van der Waals surface area contributed by atoms with Gasteiger partial charge in [0.15, 0.2) is 0 Å². The van der Waals surface area contributed by atoms with Crippen molar-refractivity contribution in [3.8, 4) is 5.69 Å². The van der Waals surface area contributed by atoms with Gasteiger partial charge in [0.05, 0.1) is 0 Å². The van der Waals surface area contributed by atoms with Gasteiger partial charge in [-0.25, -0.2) is 0 Å². The zero-order chi connectivity index (χ0) is 17.8. The van der Waals surface area contributed by atoms with E-state index in [-0.39, 0.29) is 11.9 Å². The second-order valence-corrected chi connectivity index (χ2v) is 6.63. The molecule has 1 atom stereocenters. The fourth-order valence-electron chi connectivity index (χ4n) is 3.58. The third kappa shape index (κ3) is 3.51. The Hall–Kier alpha value is -2.96. The third-order valence-corrected chi connectivity index (χ3v) is 4.95. The van der Waals surface area contributed by atoms with Gasteiger partial charge in [0.2, 0.25) is 0 Å². The van der Waals surface area contributed by atoms with Crippen LogP contribution in [0.4, 0.5) is 0 Å². The van der Waals surface area contributed by atoms with Crippen molar-refractivity contribution in [1.29, 1.82) is 0 Å². The van der Waals surface area contributed by atoms with Crippen LogP contribution in [-0.2, 0) is 6.54 Å². The summed E-state index contributed by atoms with van der Waals surface area (Å²) in [7, 11) is 0. The van der Waals surface area contributed by atoms with Crippen LogP contribution in [-0.4, -0.2) is 47.9 Å². The Bertz CT molecular complexity index is 843. The second kappa shape index (κ2) is 7.51. The normalized spacial score (nSPS) is 17.4. The number of carbonyl (C=O) groups is 1. The summed E-state index contributed by atoms with van der Waals surface area (Å²) in [5, 5.41) is 11.9. The molecule has 1 fully saturated rings. The molecule has 0 spiro atoms. The van der Waals surface area contributed by atoms with Crippen molar-refractivity contribution in [2.24, 2.45) is 0 Å². The van der Waals surface area contributed by atoms with Gasteiger partial charge in [-0.2, -0.15) is 5.10 Å². The highest BCUT2D eigenvalue weighted by Crippen LogP contribution is 2.23. The van der Waals surface area contributed by atoms with E-state index in [9.17, 15) is 4.79 Å². The highest BCUT2D eigenvalue weighted by Gasteiger charge is 2.27. The molecule has 1 aromatic carbocycles. The lowest BCUT2D eigenvalue weighted by atomic mass is 9.98. The molecule has 0 bridgehead atoms. The zero-order valence-electron chi connectivity index (χ0n) is 14.6. The first-order valence-electron chi connectivity index (χ1n) is 9.05. The standard InChI is InChI=1S/C19H22N6O/c26-19(16-5-3-7-18(13-16)23-14-20-21-15-23)25-11-2-1-6-17(25)8-12-24-10-4-9-22-24/h3-5,7,9-10,13-15,17H,1-2,6,8,11-12H2/t17-/m0/s1. The van der Waals surface area contributed by atoms with Crippen molar-refractivity contribution in [3.05, 3.63) is 60.9 Å². The first kappa shape index (κ1) is 16.5. The van der Waals surface area contributed by atoms with E-state index in [2.05, 4.69) is 15.3 Å². The summed E-state index contributed by atoms with van der Waals surface area (Å²) < 4.78 is 3.74. The van der Waals surface area contributed by atoms with Crippen molar-refractivity contribution in [1.82, 2.24) is 29.4 Å². The summed E-state index contributed by atoms with van der Waals surface area (Å²) >= 11 is 0. The molecule has 7 nitrogen and oxygen atoms in total. The maximum absolute atomic E-state index is 13.2. The monoisotopic (exact) mass is 350 g/mol. The highest BCUT2D eigenvalue weighted by molar-refractivity contribution is 5.95. The molecule has 4 rings (SSSR count). The Kier molecular flexibility index (Phi) is 4.77. The number of aryl methyl sites for hydroxylation is 1. The molecule has 1 aliphatic rings. The fourth-order valence-corrected chi connectivity index (χ4v) is 3.58. The molecular weight excluding hydrogens is 328 g/mol. The van der Waals surface area contributed by atoms with Gasteiger partial charge < -0.3 is 4.90 Å². The lowest BCUT2D eigenvalue weighted by molar-refractivity contribution is 0.0594. The summed E-state index contributed by atoms with van der Waals surface area (Å²) in [6, 6.07) is 9.84. The molecule has 2 aromatic heterocycles. The number of piperidine rings is 1. The van der Waals surface area contributed by atoms with Gasteiger partial charge in [-0.3, -0.25) is 14.0 Å². The first-order chi connectivity index (χ1) is 12.8. The quantitative estimate of drug-likeness (QED) is 0.709. The van der Waals surface area contributed by atoms with Gasteiger partial charge in [0.1, 0.15) is 12.7 Å². The summed E-state index contributed by atoms with van der Waals surface area (Å²) in [4.78, 5) is 15.2. The Morgan fingerprint density at radius 1 is 1.15 bits per heavy atom. The SMILES string of the molecule is O=C(c1cccc(-n2cnnc2)c1)N1CCCC[C@H]1CCn1cccn1. The van der Waals surface area contributed by atoms with Crippen LogP contribution in [0.25, 0.3) is 5.69 Å². The maximum Gasteiger partial charge on any atom is 0.254 e. The Morgan fingerprint density at radius 2 is 2.04 bits per heavy atom. The van der Waals surface area contributed by atoms with Crippen molar-refractivity contribution in [3.63, 3.8) is 0 Å². The minimum absolute atomic E-state index is 0.102. The lowest BCUT2D eigenvalue weighted by Gasteiger charge is -2.36. The van der Waals surface area contributed by atoms with Crippen LogP contribution in [0.5, 0.6) is 0 Å². The largest absolute Gasteiger partial charge is 0.336 e. The van der Waals surface area contributed by atoms with Crippen LogP contribution >= 0.6 is 0 Å². The summed E-state index contributed by atoms with van der Waals surface area (Å²) in [5.74, 6) is 0.102. The highest BCUT2D eigenvalue weighted by atomic mass is 16.2. The number of rotatable bonds is 5. The van der Waals surface area contributed by atoms with Crippen LogP contribution < -0.4 is 0 Å². The van der Waals surface area contributed by atoms with Gasteiger partial charge in [0, 0.05) is 42.8 Å². The topological polar surface area (TPSA) is 68.8 Å². The van der Waals surface area contributed by atoms with Gasteiger partial charge in [-0.15, -0.1) is 10.2 Å². The zero-order valence-corrected chi connectivity index (χ0v) is 14.6. The molecular formula is C19H22N6O. The molecule has 0 aliphatic carbocycles. The molecule has 0 N–H and O–H groups in total. The van der Waals surface area contributed by atoms with Crippen LogP contribution in [0.1, 0.15) is 36.0 Å². The first-order valence-corrected chi connectivity index (χ1v) is 9.05. The number of benzene rings is 1. The van der Waals surface area contributed by atoms with E-state index >= 15 is 0 Å². The Labute approximate surface area is 152 Å². The number of amides is 1. The lowest BCUT2D eigenvalue weighted by Crippen LogP contribution is -2.44. The van der Waals surface area contributed by atoms with E-state index < -0.39 is 0 Å². The average molecular weight is 350 g/mol. The van der Waals surface area contributed by atoms with E-state index in [0.717, 1.165) is 38.0 Å². The molecule has 1 amide bonds. The molecule has 26 heavy (non-hydrogen) atoms. The molecule has 3 aromatic rings. The molecule has 0 saturated carbocycles. The summed E-state index contributed by atoms with van der Waals surface area (Å²) in [5.41, 5.74) is 1.60. The Balaban J connectivity index is 1.50. The third-order valence-electron chi connectivity index (χ3n) is 4.95. The van der Waals surface area contributed by atoms with Crippen molar-refractivity contribution in [2.75, 3.05) is 6.54 Å². The number of nitrogens with zero attached hydrogens (tertiary/aromatic N) is 6. The molecule has 1 saturated heterocycles. The summed E-state index contributed by atoms with van der Waals surface area (Å²) in [6.07, 6.45) is 11.3. The second-order valence-electron chi connectivity index (χ2n) is 6.63. The van der Waals surface area contributed by atoms with Gasteiger partial charge in [-0.05, 0) is 49.9 Å². The smallest absolute Gasteiger partial charge is 0.254 e. The van der Waals surface area contributed by atoms with Crippen molar-refractivity contribution in [2.45, 2.75) is 38.3 Å². The van der Waals surface area contributed by atoms with E-state index in [1.54, 1.807) is 18.9 Å². The molecule has 134 valence electrons. The number of hydrogen-bond acceptors (Lipinski definition) is 4. The maximum atomic E-state index is 13.2. The van der Waals surface area contributed by atoms with E-state index in [1.165, 1.54) is 6.42 Å². The average Bonchev–Trinajstić information content (AvgIpc) is 3.40. The van der Waals surface area contributed by atoms with Crippen LogP contribution in [0.2, 0.25) is 0 Å². The summed E-state index contributed by atoms with van der Waals surface area (Å²) in [6.45, 7) is 1.65. The fraction of sp³-hybridized carbons (Fsp3) is 0.368. The van der Waals surface area contributed by atoms with Gasteiger partial charge in [-0.1, -0.05) is 6.07 Å². The number of carbonyl (C=O) groups excluding carboxylic acids is 1. The minimum Gasteiger partial charge on any atom is -0.336 e. The van der Waals surface area contributed by atoms with E-state index in [4.69, 9.17) is 0 Å². The number of hydrogen-bond donors (Lipinski definition) is 0. The molecule has 1 aliphatic heterocycles. The van der Waals surface area contributed by atoms with Crippen molar-refractivity contribution >= 4 is 5.91 Å². The van der Waals surface area contributed by atoms with Crippen LogP contribution in [0, 0.1) is 0 Å². The predicted molar refractivity (Wildman–Crippen MR) is 96.9 cm³/mol. The molecule has 3 heterocycles. The number of aromatic nitrogens is 5. The molecule has 7 heteroatoms. The van der Waals surface area contributed by atoms with Gasteiger partial charge >= 0.3 is 0 Å². The van der Waals surface area contributed by atoms with Gasteiger partial charge in [0.25, 0.3) is 5.91 Å². The van der Waals surface area contributed by atoms with E-state index in [1.807, 2.05) is 50.7 Å². The number of likely N-dealkylation sites (tertiary alicyclic amines) is 1. The van der Waals surface area contributed by atoms with Crippen molar-refractivity contribution < 1.29 is 4.79 Å². The van der Waals surface area contributed by atoms with Crippen LogP contribution in [0.3, 0.4) is 0 Å². The van der Waals surface area contributed by atoms with E-state index in [0.29, 0.717) is 5.56 Å². The predicted octanol–water partition coefficient (Wildman–Crippen LogP) is 2.55. The van der Waals surface area contributed by atoms with Crippen LogP contribution in [0.15, 0.2) is 55.4 Å². The molecule has 0 unspecified atom stereocenters. The minimum atomic E-state index is 0.102. The molecule has 0 radical (unpaired) electrons. The Morgan fingerprint density at radius 3 is 2.85 bits per heavy atom.